The van der Waals surface area contributed by atoms with Gasteiger partial charge in [0.2, 0.25) is 0 Å². The van der Waals surface area contributed by atoms with E-state index in [-0.39, 0.29) is 5.78 Å². The number of carbonyl (C=O) groups excluding carboxylic acids is 1. The van der Waals surface area contributed by atoms with Crippen LogP contribution >= 0.6 is 11.8 Å². The van der Waals surface area contributed by atoms with Gasteiger partial charge in [-0.25, -0.2) is 9.97 Å². The summed E-state index contributed by atoms with van der Waals surface area (Å²) in [6, 6.07) is 3.67. The molecular weight excluding hydrogens is 324 g/mol. The largest absolute Gasteiger partial charge is 0.469 e. The molecule has 0 amide bonds. The molecule has 0 aromatic carbocycles. The van der Waals surface area contributed by atoms with Crippen LogP contribution < -0.4 is 5.32 Å². The number of pyridine rings is 1. The number of hydrogen-bond acceptors (Lipinski definition) is 7. The highest BCUT2D eigenvalue weighted by Gasteiger charge is 2.16. The summed E-state index contributed by atoms with van der Waals surface area (Å²) >= 11 is 1.40. The van der Waals surface area contributed by atoms with Crippen LogP contribution in [0.15, 0.2) is 57.5 Å². The molecule has 7 heteroatoms. The molecule has 6 nitrogen and oxygen atoms in total. The second-order valence-electron chi connectivity index (χ2n) is 4.99. The number of ketones is 1. The van der Waals surface area contributed by atoms with E-state index in [1.54, 1.807) is 31.1 Å². The molecule has 0 radical (unpaired) electrons. The summed E-state index contributed by atoms with van der Waals surface area (Å²) in [5.74, 6) is 0.371. The SMILES string of the molecule is CCNc1cocc1Sc1cnc(-c2cccnc2)nc1C(C)=O. The monoisotopic (exact) mass is 340 g/mol. The molecule has 3 rings (SSSR count). The van der Waals surface area contributed by atoms with Crippen LogP contribution in [0.25, 0.3) is 11.4 Å². The number of furan rings is 1. The summed E-state index contributed by atoms with van der Waals surface area (Å²) in [6.07, 6.45) is 8.30. The van der Waals surface area contributed by atoms with Crippen LogP contribution in [0.2, 0.25) is 0 Å². The van der Waals surface area contributed by atoms with Gasteiger partial charge in [0.05, 0.1) is 15.5 Å². The number of rotatable bonds is 6. The second-order valence-corrected chi connectivity index (χ2v) is 6.07. The van der Waals surface area contributed by atoms with E-state index in [0.29, 0.717) is 16.4 Å². The zero-order chi connectivity index (χ0) is 16.9. The van der Waals surface area contributed by atoms with Crippen LogP contribution in [0.5, 0.6) is 0 Å². The zero-order valence-electron chi connectivity index (χ0n) is 13.3. The number of aromatic nitrogens is 3. The molecule has 0 saturated carbocycles. The average Bonchev–Trinajstić information content (AvgIpc) is 3.03. The predicted octanol–water partition coefficient (Wildman–Crippen LogP) is 3.92. The molecule has 0 fully saturated rings. The molecule has 3 heterocycles. The predicted molar refractivity (Wildman–Crippen MR) is 92.3 cm³/mol. The summed E-state index contributed by atoms with van der Waals surface area (Å²) < 4.78 is 5.25. The lowest BCUT2D eigenvalue weighted by Crippen LogP contribution is -2.03. The maximum atomic E-state index is 12.0. The van der Waals surface area contributed by atoms with E-state index in [0.717, 1.165) is 22.7 Å². The molecule has 0 spiro atoms. The van der Waals surface area contributed by atoms with Crippen LogP contribution in [-0.4, -0.2) is 27.3 Å². The van der Waals surface area contributed by atoms with Crippen molar-refractivity contribution in [2.75, 3.05) is 11.9 Å². The summed E-state index contributed by atoms with van der Waals surface area (Å²) in [5, 5.41) is 3.21. The van der Waals surface area contributed by atoms with Crippen molar-refractivity contribution >= 4 is 23.2 Å². The molecule has 122 valence electrons. The van der Waals surface area contributed by atoms with Gasteiger partial charge in [0.25, 0.3) is 0 Å². The van der Waals surface area contributed by atoms with Gasteiger partial charge >= 0.3 is 0 Å². The van der Waals surface area contributed by atoms with E-state index in [4.69, 9.17) is 4.42 Å². The first-order valence-electron chi connectivity index (χ1n) is 7.45. The summed E-state index contributed by atoms with van der Waals surface area (Å²) in [7, 11) is 0. The Labute approximate surface area is 143 Å². The summed E-state index contributed by atoms with van der Waals surface area (Å²) in [5.41, 5.74) is 2.04. The van der Waals surface area contributed by atoms with E-state index < -0.39 is 0 Å². The topological polar surface area (TPSA) is 80.9 Å². The average molecular weight is 340 g/mol. The minimum atomic E-state index is -0.112. The minimum absolute atomic E-state index is 0.112. The molecule has 0 aliphatic rings. The van der Waals surface area contributed by atoms with Gasteiger partial charge in [0.1, 0.15) is 18.2 Å². The molecular formula is C17H16N4O2S. The highest BCUT2D eigenvalue weighted by molar-refractivity contribution is 7.99. The Morgan fingerprint density at radius 3 is 2.88 bits per heavy atom. The fourth-order valence-electron chi connectivity index (χ4n) is 2.13. The first-order chi connectivity index (χ1) is 11.7. The Hall–Kier alpha value is -2.67. The molecule has 24 heavy (non-hydrogen) atoms. The van der Waals surface area contributed by atoms with Gasteiger partial charge in [-0.1, -0.05) is 11.8 Å². The third-order valence-corrected chi connectivity index (χ3v) is 4.28. The summed E-state index contributed by atoms with van der Waals surface area (Å²) in [4.78, 5) is 26.5. The number of nitrogens with zero attached hydrogens (tertiary/aromatic N) is 3. The zero-order valence-corrected chi connectivity index (χ0v) is 14.1. The van der Waals surface area contributed by atoms with Crippen molar-refractivity contribution in [1.29, 1.82) is 0 Å². The van der Waals surface area contributed by atoms with Crippen LogP contribution in [0.1, 0.15) is 24.3 Å². The van der Waals surface area contributed by atoms with Gasteiger partial charge in [0, 0.05) is 37.6 Å². The molecule has 3 aromatic heterocycles. The lowest BCUT2D eigenvalue weighted by atomic mass is 10.2. The van der Waals surface area contributed by atoms with Crippen LogP contribution in [0.3, 0.4) is 0 Å². The van der Waals surface area contributed by atoms with Crippen LogP contribution in [0.4, 0.5) is 5.69 Å². The third-order valence-electron chi connectivity index (χ3n) is 3.22. The standard InChI is InChI=1S/C17H16N4O2S/c1-3-19-13-9-23-10-15(13)24-14-8-20-17(21-16(14)11(2)22)12-5-4-6-18-7-12/h4-10,19H,3H2,1-2H3. The molecule has 1 N–H and O–H groups in total. The molecule has 0 saturated heterocycles. The molecule has 3 aromatic rings. The molecule has 0 aliphatic carbocycles. The molecule has 0 atom stereocenters. The van der Waals surface area contributed by atoms with E-state index in [9.17, 15) is 4.79 Å². The van der Waals surface area contributed by atoms with E-state index in [2.05, 4.69) is 20.3 Å². The normalized spacial score (nSPS) is 10.6. The number of anilines is 1. The third kappa shape index (κ3) is 3.46. The minimum Gasteiger partial charge on any atom is -0.469 e. The van der Waals surface area contributed by atoms with Crippen molar-refractivity contribution < 1.29 is 9.21 Å². The van der Waals surface area contributed by atoms with Crippen molar-refractivity contribution in [3.8, 4) is 11.4 Å². The van der Waals surface area contributed by atoms with Crippen LogP contribution in [0, 0.1) is 0 Å². The Bertz CT molecular complexity index is 849. The second kappa shape index (κ2) is 7.27. The Balaban J connectivity index is 1.96. The first-order valence-corrected chi connectivity index (χ1v) is 8.27. The van der Waals surface area contributed by atoms with Crippen molar-refractivity contribution in [2.24, 2.45) is 0 Å². The highest BCUT2D eigenvalue weighted by Crippen LogP contribution is 2.36. The highest BCUT2D eigenvalue weighted by atomic mass is 32.2. The Morgan fingerprint density at radius 1 is 1.29 bits per heavy atom. The van der Waals surface area contributed by atoms with E-state index in [1.807, 2.05) is 19.1 Å². The van der Waals surface area contributed by atoms with Crippen molar-refractivity contribution in [2.45, 2.75) is 23.6 Å². The van der Waals surface area contributed by atoms with Crippen LogP contribution in [-0.2, 0) is 0 Å². The van der Waals surface area contributed by atoms with Gasteiger partial charge in [-0.2, -0.15) is 0 Å². The van der Waals surface area contributed by atoms with Gasteiger partial charge in [-0.3, -0.25) is 9.78 Å². The van der Waals surface area contributed by atoms with Gasteiger partial charge in [-0.15, -0.1) is 0 Å². The lowest BCUT2D eigenvalue weighted by Gasteiger charge is -2.08. The number of nitrogens with one attached hydrogen (secondary N) is 1. The number of carbonyl (C=O) groups is 1. The van der Waals surface area contributed by atoms with E-state index >= 15 is 0 Å². The smallest absolute Gasteiger partial charge is 0.179 e. The fourth-order valence-corrected chi connectivity index (χ4v) is 3.10. The molecule has 0 unspecified atom stereocenters. The quantitative estimate of drug-likeness (QED) is 0.681. The number of hydrogen-bond donors (Lipinski definition) is 1. The van der Waals surface area contributed by atoms with E-state index in [1.165, 1.54) is 18.7 Å². The van der Waals surface area contributed by atoms with Crippen molar-refractivity contribution in [3.63, 3.8) is 0 Å². The fraction of sp³-hybridized carbons (Fsp3) is 0.176. The van der Waals surface area contributed by atoms with Crippen molar-refractivity contribution in [1.82, 2.24) is 15.0 Å². The van der Waals surface area contributed by atoms with Gasteiger partial charge < -0.3 is 9.73 Å². The maximum Gasteiger partial charge on any atom is 0.179 e. The van der Waals surface area contributed by atoms with Gasteiger partial charge in [-0.05, 0) is 19.1 Å². The lowest BCUT2D eigenvalue weighted by molar-refractivity contribution is 0.101. The molecule has 0 bridgehead atoms. The maximum absolute atomic E-state index is 12.0. The number of Topliss-reactive ketones (excluding diaryl/α,β-unsaturated/α-hetero) is 1. The summed E-state index contributed by atoms with van der Waals surface area (Å²) in [6.45, 7) is 4.29. The Morgan fingerprint density at radius 2 is 2.17 bits per heavy atom. The molecule has 0 aliphatic heterocycles. The Kier molecular flexibility index (Phi) is 4.90. The van der Waals surface area contributed by atoms with Crippen molar-refractivity contribution in [3.05, 3.63) is 48.9 Å². The first kappa shape index (κ1) is 16.2. The van der Waals surface area contributed by atoms with Gasteiger partial charge in [0.15, 0.2) is 11.6 Å².